The van der Waals surface area contributed by atoms with Crippen molar-refractivity contribution in [2.75, 3.05) is 20.3 Å². The number of methoxy groups -OCH3 is 1. The van der Waals surface area contributed by atoms with E-state index in [0.717, 1.165) is 17.7 Å². The SMILES string of the molecule is CCCCc1ccc(OCCOC)c(CO)c1. The number of aliphatic hydroxyl groups excluding tert-OH is 1. The summed E-state index contributed by atoms with van der Waals surface area (Å²) >= 11 is 0. The third kappa shape index (κ3) is 4.75. The molecule has 1 rings (SSSR count). The van der Waals surface area contributed by atoms with E-state index in [4.69, 9.17) is 9.47 Å². The van der Waals surface area contributed by atoms with Crippen molar-refractivity contribution in [1.82, 2.24) is 0 Å². The number of hydrogen-bond donors (Lipinski definition) is 1. The maximum atomic E-state index is 9.31. The summed E-state index contributed by atoms with van der Waals surface area (Å²) in [6, 6.07) is 6.03. The fraction of sp³-hybridized carbons (Fsp3) is 0.571. The molecule has 0 aliphatic heterocycles. The van der Waals surface area contributed by atoms with Gasteiger partial charge in [-0.05, 0) is 30.5 Å². The lowest BCUT2D eigenvalue weighted by atomic mass is 10.1. The first-order valence-corrected chi connectivity index (χ1v) is 6.16. The Labute approximate surface area is 103 Å². The molecular formula is C14H22O3. The first-order valence-electron chi connectivity index (χ1n) is 6.16. The third-order valence-corrected chi connectivity index (χ3v) is 2.66. The number of hydrogen-bond acceptors (Lipinski definition) is 3. The van der Waals surface area contributed by atoms with E-state index in [9.17, 15) is 5.11 Å². The van der Waals surface area contributed by atoms with Crippen molar-refractivity contribution in [2.24, 2.45) is 0 Å². The standard InChI is InChI=1S/C14H22O3/c1-3-4-5-12-6-7-14(13(10-12)11-15)17-9-8-16-2/h6-7,10,15H,3-5,8-9,11H2,1-2H3. The Kier molecular flexibility index (Phi) is 6.67. The van der Waals surface area contributed by atoms with Crippen molar-refractivity contribution in [3.8, 4) is 5.75 Å². The predicted octanol–water partition coefficient (Wildman–Crippen LogP) is 2.55. The smallest absolute Gasteiger partial charge is 0.124 e. The molecule has 0 heterocycles. The topological polar surface area (TPSA) is 38.7 Å². The summed E-state index contributed by atoms with van der Waals surface area (Å²) < 4.78 is 10.5. The van der Waals surface area contributed by atoms with Crippen LogP contribution in [0.3, 0.4) is 0 Å². The Morgan fingerprint density at radius 1 is 1.24 bits per heavy atom. The van der Waals surface area contributed by atoms with Crippen molar-refractivity contribution < 1.29 is 14.6 Å². The van der Waals surface area contributed by atoms with Gasteiger partial charge in [-0.2, -0.15) is 0 Å². The first kappa shape index (κ1) is 14.0. The Bertz CT molecular complexity index is 323. The van der Waals surface area contributed by atoms with Crippen LogP contribution in [0.25, 0.3) is 0 Å². The maximum absolute atomic E-state index is 9.31. The van der Waals surface area contributed by atoms with E-state index in [1.165, 1.54) is 18.4 Å². The molecule has 0 fully saturated rings. The highest BCUT2D eigenvalue weighted by Gasteiger charge is 2.04. The van der Waals surface area contributed by atoms with Crippen LogP contribution in [0.2, 0.25) is 0 Å². The fourth-order valence-corrected chi connectivity index (χ4v) is 1.67. The summed E-state index contributed by atoms with van der Waals surface area (Å²) in [5.41, 5.74) is 2.12. The molecule has 1 N–H and O–H groups in total. The van der Waals surface area contributed by atoms with Gasteiger partial charge in [-0.25, -0.2) is 0 Å². The second-order valence-corrected chi connectivity index (χ2v) is 4.05. The Morgan fingerprint density at radius 2 is 2.06 bits per heavy atom. The molecule has 0 saturated heterocycles. The van der Waals surface area contributed by atoms with E-state index in [1.54, 1.807) is 7.11 Å². The van der Waals surface area contributed by atoms with Gasteiger partial charge in [-0.3, -0.25) is 0 Å². The van der Waals surface area contributed by atoms with Crippen LogP contribution < -0.4 is 4.74 Å². The van der Waals surface area contributed by atoms with E-state index in [2.05, 4.69) is 13.0 Å². The molecule has 0 spiro atoms. The summed E-state index contributed by atoms with van der Waals surface area (Å²) in [5.74, 6) is 0.754. The summed E-state index contributed by atoms with van der Waals surface area (Å²) in [7, 11) is 1.64. The van der Waals surface area contributed by atoms with Crippen molar-refractivity contribution in [2.45, 2.75) is 32.8 Å². The van der Waals surface area contributed by atoms with Gasteiger partial charge < -0.3 is 14.6 Å². The molecule has 0 saturated carbocycles. The second kappa shape index (κ2) is 8.09. The Morgan fingerprint density at radius 3 is 2.71 bits per heavy atom. The minimum Gasteiger partial charge on any atom is -0.491 e. The summed E-state index contributed by atoms with van der Waals surface area (Å²) in [6.45, 7) is 3.26. The van der Waals surface area contributed by atoms with Crippen LogP contribution >= 0.6 is 0 Å². The highest BCUT2D eigenvalue weighted by atomic mass is 16.5. The lowest BCUT2D eigenvalue weighted by Crippen LogP contribution is -2.06. The monoisotopic (exact) mass is 238 g/mol. The summed E-state index contributed by atoms with van der Waals surface area (Å²) in [5, 5.41) is 9.31. The molecule has 0 atom stereocenters. The van der Waals surface area contributed by atoms with Crippen LogP contribution in [-0.4, -0.2) is 25.4 Å². The van der Waals surface area contributed by atoms with Crippen LogP contribution in [0.15, 0.2) is 18.2 Å². The third-order valence-electron chi connectivity index (χ3n) is 2.66. The van der Waals surface area contributed by atoms with Gasteiger partial charge in [0.25, 0.3) is 0 Å². The molecule has 0 aliphatic rings. The van der Waals surface area contributed by atoms with Crippen LogP contribution in [-0.2, 0) is 17.8 Å². The van der Waals surface area contributed by atoms with Gasteiger partial charge in [-0.15, -0.1) is 0 Å². The fourth-order valence-electron chi connectivity index (χ4n) is 1.67. The van der Waals surface area contributed by atoms with E-state index in [1.807, 2.05) is 12.1 Å². The summed E-state index contributed by atoms with van der Waals surface area (Å²) in [6.07, 6.45) is 3.41. The number of aryl methyl sites for hydroxylation is 1. The lowest BCUT2D eigenvalue weighted by molar-refractivity contribution is 0.144. The van der Waals surface area contributed by atoms with Crippen molar-refractivity contribution in [3.63, 3.8) is 0 Å². The zero-order valence-corrected chi connectivity index (χ0v) is 10.7. The molecule has 0 bridgehead atoms. The van der Waals surface area contributed by atoms with Crippen LogP contribution in [0.1, 0.15) is 30.9 Å². The minimum atomic E-state index is 0.0162. The zero-order valence-electron chi connectivity index (χ0n) is 10.7. The summed E-state index contributed by atoms with van der Waals surface area (Å²) in [4.78, 5) is 0. The van der Waals surface area contributed by atoms with Gasteiger partial charge in [0, 0.05) is 12.7 Å². The molecule has 0 amide bonds. The van der Waals surface area contributed by atoms with Gasteiger partial charge in [0.1, 0.15) is 12.4 Å². The Hall–Kier alpha value is -1.06. The van der Waals surface area contributed by atoms with Crippen molar-refractivity contribution >= 4 is 0 Å². The quantitative estimate of drug-likeness (QED) is 0.707. The molecule has 0 aromatic heterocycles. The highest BCUT2D eigenvalue weighted by Crippen LogP contribution is 2.21. The molecule has 1 aromatic rings. The number of rotatable bonds is 8. The van der Waals surface area contributed by atoms with Crippen LogP contribution in [0.4, 0.5) is 0 Å². The van der Waals surface area contributed by atoms with Crippen molar-refractivity contribution in [3.05, 3.63) is 29.3 Å². The van der Waals surface area contributed by atoms with E-state index < -0.39 is 0 Å². The van der Waals surface area contributed by atoms with E-state index >= 15 is 0 Å². The number of ether oxygens (including phenoxy) is 2. The molecule has 0 aliphatic carbocycles. The average Bonchev–Trinajstić information content (AvgIpc) is 2.37. The van der Waals surface area contributed by atoms with E-state index in [0.29, 0.717) is 13.2 Å². The number of benzene rings is 1. The maximum Gasteiger partial charge on any atom is 0.124 e. The largest absolute Gasteiger partial charge is 0.491 e. The molecule has 3 nitrogen and oxygen atoms in total. The molecular weight excluding hydrogens is 216 g/mol. The van der Waals surface area contributed by atoms with Gasteiger partial charge >= 0.3 is 0 Å². The zero-order chi connectivity index (χ0) is 12.5. The molecule has 0 radical (unpaired) electrons. The molecule has 1 aromatic carbocycles. The molecule has 0 unspecified atom stereocenters. The molecule has 3 heteroatoms. The second-order valence-electron chi connectivity index (χ2n) is 4.05. The molecule has 96 valence electrons. The van der Waals surface area contributed by atoms with Crippen LogP contribution in [0, 0.1) is 0 Å². The number of aliphatic hydroxyl groups is 1. The highest BCUT2D eigenvalue weighted by molar-refractivity contribution is 5.37. The van der Waals surface area contributed by atoms with E-state index in [-0.39, 0.29) is 6.61 Å². The van der Waals surface area contributed by atoms with Gasteiger partial charge in [0.05, 0.1) is 13.2 Å². The average molecular weight is 238 g/mol. The normalized spacial score (nSPS) is 10.5. The minimum absolute atomic E-state index is 0.0162. The van der Waals surface area contributed by atoms with Gasteiger partial charge in [0.15, 0.2) is 0 Å². The first-order chi connectivity index (χ1) is 8.31. The lowest BCUT2D eigenvalue weighted by Gasteiger charge is -2.11. The van der Waals surface area contributed by atoms with Gasteiger partial charge in [0.2, 0.25) is 0 Å². The van der Waals surface area contributed by atoms with Crippen molar-refractivity contribution in [1.29, 1.82) is 0 Å². The number of unbranched alkanes of at least 4 members (excludes halogenated alkanes) is 1. The van der Waals surface area contributed by atoms with Gasteiger partial charge in [-0.1, -0.05) is 19.4 Å². The molecule has 17 heavy (non-hydrogen) atoms. The van der Waals surface area contributed by atoms with Crippen LogP contribution in [0.5, 0.6) is 5.75 Å². The predicted molar refractivity (Wildman–Crippen MR) is 68.3 cm³/mol. The Balaban J connectivity index is 2.64.